The molecule has 0 aromatic heterocycles. The molecule has 0 amide bonds. The summed E-state index contributed by atoms with van der Waals surface area (Å²) in [6, 6.07) is 3.45. The van der Waals surface area contributed by atoms with Crippen LogP contribution in [0.15, 0.2) is 18.2 Å². The molecule has 1 rings (SSSR count). The molecule has 60 valence electrons. The van der Waals surface area contributed by atoms with Gasteiger partial charge in [0.05, 0.1) is 14.1 Å². The summed E-state index contributed by atoms with van der Waals surface area (Å²) in [5.41, 5.74) is 0.352. The Labute approximate surface area is 64.3 Å². The highest BCUT2D eigenvalue weighted by molar-refractivity contribution is 5.30. The molecule has 0 unspecified atom stereocenters. The lowest BCUT2D eigenvalue weighted by Crippen LogP contribution is -3.00. The quantitative estimate of drug-likeness (QED) is 0.615. The Morgan fingerprint density at radius 2 is 1.82 bits per heavy atom. The number of nitrogens with one attached hydrogen (secondary N) is 1. The molecule has 0 atom stereocenters. The number of quaternary nitrogens is 1. The molecule has 0 bridgehead atoms. The summed E-state index contributed by atoms with van der Waals surface area (Å²) >= 11 is 0. The number of benzene rings is 1. The Bertz CT molecular complexity index is 258. The summed E-state index contributed by atoms with van der Waals surface area (Å²) in [6.07, 6.45) is 0. The molecule has 0 spiro atoms. The zero-order chi connectivity index (χ0) is 8.43. The smallest absolute Gasteiger partial charge is 0.183 e. The molecule has 1 nitrogen and oxygen atoms in total. The van der Waals surface area contributed by atoms with Gasteiger partial charge in [0.15, 0.2) is 11.5 Å². The minimum Gasteiger partial charge on any atom is -0.305 e. The number of rotatable bonds is 1. The lowest BCUT2D eigenvalue weighted by atomic mass is 10.3. The fourth-order valence-electron chi connectivity index (χ4n) is 0.881. The summed E-state index contributed by atoms with van der Waals surface area (Å²) in [6.45, 7) is 0. The molecule has 11 heavy (non-hydrogen) atoms. The van der Waals surface area contributed by atoms with Crippen molar-refractivity contribution < 1.29 is 13.7 Å². The van der Waals surface area contributed by atoms with Crippen molar-refractivity contribution >= 4 is 5.69 Å². The van der Waals surface area contributed by atoms with Crippen LogP contribution in [-0.4, -0.2) is 14.1 Å². The van der Waals surface area contributed by atoms with E-state index in [1.54, 1.807) is 14.1 Å². The molecule has 0 fully saturated rings. The first-order valence-corrected chi connectivity index (χ1v) is 3.37. The largest absolute Gasteiger partial charge is 0.305 e. The van der Waals surface area contributed by atoms with Crippen molar-refractivity contribution in [1.82, 2.24) is 0 Å². The highest BCUT2D eigenvalue weighted by Gasteiger charge is 2.08. The highest BCUT2D eigenvalue weighted by Crippen LogP contribution is 2.09. The van der Waals surface area contributed by atoms with Crippen molar-refractivity contribution in [1.29, 1.82) is 0 Å². The molecule has 0 aliphatic heterocycles. The van der Waals surface area contributed by atoms with E-state index in [4.69, 9.17) is 0 Å². The first-order chi connectivity index (χ1) is 5.11. The fraction of sp³-hybridized carbons (Fsp3) is 0.250. The van der Waals surface area contributed by atoms with E-state index in [1.165, 1.54) is 6.07 Å². The van der Waals surface area contributed by atoms with Gasteiger partial charge in [-0.1, -0.05) is 0 Å². The molecular weight excluding hydrogens is 148 g/mol. The Balaban J connectivity index is 3.13. The Morgan fingerprint density at radius 3 is 2.27 bits per heavy atom. The number of hydrogen-bond donors (Lipinski definition) is 1. The number of halogens is 2. The van der Waals surface area contributed by atoms with Gasteiger partial charge in [-0.25, -0.2) is 8.78 Å². The second-order valence-electron chi connectivity index (χ2n) is 2.62. The fourth-order valence-corrected chi connectivity index (χ4v) is 0.881. The van der Waals surface area contributed by atoms with Gasteiger partial charge in [-0.05, 0) is 12.1 Å². The van der Waals surface area contributed by atoms with Gasteiger partial charge in [0.1, 0.15) is 5.82 Å². The third-order valence-electron chi connectivity index (χ3n) is 1.47. The van der Waals surface area contributed by atoms with Crippen LogP contribution in [0.2, 0.25) is 0 Å². The van der Waals surface area contributed by atoms with Crippen molar-refractivity contribution in [2.24, 2.45) is 0 Å². The van der Waals surface area contributed by atoms with Gasteiger partial charge in [-0.15, -0.1) is 0 Å². The summed E-state index contributed by atoms with van der Waals surface area (Å²) in [4.78, 5) is 0.780. The van der Waals surface area contributed by atoms with Gasteiger partial charge in [-0.2, -0.15) is 0 Å². The predicted molar refractivity (Wildman–Crippen MR) is 38.8 cm³/mol. The third-order valence-corrected chi connectivity index (χ3v) is 1.47. The Morgan fingerprint density at radius 1 is 1.18 bits per heavy atom. The maximum atomic E-state index is 12.8. The maximum absolute atomic E-state index is 12.8. The molecule has 1 aromatic carbocycles. The minimum absolute atomic E-state index is 0.352. The van der Waals surface area contributed by atoms with E-state index in [9.17, 15) is 8.78 Å². The number of hydrogen-bond acceptors (Lipinski definition) is 0. The van der Waals surface area contributed by atoms with E-state index in [0.717, 1.165) is 17.0 Å². The van der Waals surface area contributed by atoms with Crippen molar-refractivity contribution in [3.8, 4) is 0 Å². The Kier molecular flexibility index (Phi) is 2.19. The van der Waals surface area contributed by atoms with Crippen LogP contribution in [0.25, 0.3) is 0 Å². The standard InChI is InChI=1S/C8H9F2N/c1-11(2)8-5-6(9)3-4-7(8)10/h3-5H,1-2H3/p+1. The first-order valence-electron chi connectivity index (χ1n) is 3.37. The van der Waals surface area contributed by atoms with Gasteiger partial charge in [0, 0.05) is 6.07 Å². The van der Waals surface area contributed by atoms with Gasteiger partial charge in [0.25, 0.3) is 0 Å². The molecular formula is C8H10F2N+. The Hall–Kier alpha value is -0.960. The lowest BCUT2D eigenvalue weighted by Gasteiger charge is -2.06. The SMILES string of the molecule is C[NH+](C)c1cc(F)ccc1F. The lowest BCUT2D eigenvalue weighted by molar-refractivity contribution is -0.787. The van der Waals surface area contributed by atoms with Gasteiger partial charge in [0.2, 0.25) is 0 Å². The van der Waals surface area contributed by atoms with Crippen LogP contribution in [-0.2, 0) is 0 Å². The van der Waals surface area contributed by atoms with Crippen LogP contribution >= 0.6 is 0 Å². The van der Waals surface area contributed by atoms with E-state index in [1.807, 2.05) is 0 Å². The zero-order valence-electron chi connectivity index (χ0n) is 6.49. The average molecular weight is 158 g/mol. The second-order valence-corrected chi connectivity index (χ2v) is 2.62. The second kappa shape index (κ2) is 2.96. The molecule has 0 aliphatic rings. The van der Waals surface area contributed by atoms with Crippen LogP contribution in [0.4, 0.5) is 14.5 Å². The van der Waals surface area contributed by atoms with E-state index >= 15 is 0 Å². The average Bonchev–Trinajstić information content (AvgIpc) is 1.94. The van der Waals surface area contributed by atoms with Crippen molar-refractivity contribution in [2.75, 3.05) is 14.1 Å². The van der Waals surface area contributed by atoms with Gasteiger partial charge >= 0.3 is 0 Å². The summed E-state index contributed by atoms with van der Waals surface area (Å²) in [5, 5.41) is 0. The van der Waals surface area contributed by atoms with Crippen LogP contribution in [0.1, 0.15) is 0 Å². The normalized spacial score (nSPS) is 10.6. The minimum atomic E-state index is -0.400. The molecule has 0 heterocycles. The molecule has 1 aromatic rings. The summed E-state index contributed by atoms with van der Waals surface area (Å²) in [5.74, 6) is -0.769. The topological polar surface area (TPSA) is 4.44 Å². The molecule has 3 heteroatoms. The van der Waals surface area contributed by atoms with Crippen LogP contribution < -0.4 is 4.90 Å². The van der Waals surface area contributed by atoms with E-state index in [0.29, 0.717) is 5.69 Å². The van der Waals surface area contributed by atoms with E-state index < -0.39 is 5.82 Å². The van der Waals surface area contributed by atoms with E-state index in [2.05, 4.69) is 0 Å². The summed E-state index contributed by atoms with van der Waals surface area (Å²) in [7, 11) is 3.50. The molecule has 1 N–H and O–H groups in total. The highest BCUT2D eigenvalue weighted by atomic mass is 19.1. The molecule has 0 saturated carbocycles. The van der Waals surface area contributed by atoms with Crippen LogP contribution in [0.3, 0.4) is 0 Å². The summed E-state index contributed by atoms with van der Waals surface area (Å²) < 4.78 is 25.4. The van der Waals surface area contributed by atoms with Crippen molar-refractivity contribution in [3.05, 3.63) is 29.8 Å². The molecule has 0 saturated heterocycles. The third kappa shape index (κ3) is 1.74. The first kappa shape index (κ1) is 8.14. The van der Waals surface area contributed by atoms with Gasteiger partial charge < -0.3 is 4.90 Å². The molecule has 0 aliphatic carbocycles. The van der Waals surface area contributed by atoms with Gasteiger partial charge in [-0.3, -0.25) is 0 Å². The van der Waals surface area contributed by atoms with Crippen molar-refractivity contribution in [3.63, 3.8) is 0 Å². The maximum Gasteiger partial charge on any atom is 0.183 e. The van der Waals surface area contributed by atoms with Crippen LogP contribution in [0.5, 0.6) is 0 Å². The van der Waals surface area contributed by atoms with E-state index in [-0.39, 0.29) is 5.82 Å². The van der Waals surface area contributed by atoms with Crippen LogP contribution in [0, 0.1) is 11.6 Å². The van der Waals surface area contributed by atoms with Crippen molar-refractivity contribution in [2.45, 2.75) is 0 Å². The monoisotopic (exact) mass is 158 g/mol. The zero-order valence-corrected chi connectivity index (χ0v) is 6.49. The predicted octanol–water partition coefficient (Wildman–Crippen LogP) is 0.741. The molecule has 0 radical (unpaired) electrons.